The fourth-order valence-corrected chi connectivity index (χ4v) is 5.12. The van der Waals surface area contributed by atoms with Gasteiger partial charge in [0.15, 0.2) is 0 Å². The summed E-state index contributed by atoms with van der Waals surface area (Å²) in [5.74, 6) is 0.694. The van der Waals surface area contributed by atoms with E-state index in [0.717, 1.165) is 5.56 Å². The molecule has 0 spiro atoms. The summed E-state index contributed by atoms with van der Waals surface area (Å²) in [5, 5.41) is 3.91. The van der Waals surface area contributed by atoms with E-state index in [0.29, 0.717) is 32.7 Å². The summed E-state index contributed by atoms with van der Waals surface area (Å²) in [6, 6.07) is 18.5. The third-order valence-electron chi connectivity index (χ3n) is 4.41. The Balaban J connectivity index is 1.57. The predicted molar refractivity (Wildman–Crippen MR) is 130 cm³/mol. The number of nitrogens with one attached hydrogen (secondary N) is 2. The molecule has 5 nitrogen and oxygen atoms in total. The van der Waals surface area contributed by atoms with Crippen LogP contribution in [-0.2, 0) is 20.6 Å². The molecule has 31 heavy (non-hydrogen) atoms. The van der Waals surface area contributed by atoms with Crippen LogP contribution in [0.2, 0.25) is 10.0 Å². The summed E-state index contributed by atoms with van der Waals surface area (Å²) < 4.78 is 27.8. The van der Waals surface area contributed by atoms with E-state index >= 15 is 0 Å². The summed E-state index contributed by atoms with van der Waals surface area (Å²) in [6.07, 6.45) is 0. The number of hydrogen-bond acceptors (Lipinski definition) is 4. The Hall–Kier alpha value is -2.19. The molecule has 0 bridgehead atoms. The van der Waals surface area contributed by atoms with Gasteiger partial charge in [0.25, 0.3) is 10.0 Å². The van der Waals surface area contributed by atoms with Gasteiger partial charge in [-0.3, -0.25) is 9.52 Å². The van der Waals surface area contributed by atoms with Crippen molar-refractivity contribution in [3.8, 4) is 0 Å². The Kier molecular flexibility index (Phi) is 7.89. The highest BCUT2D eigenvalue weighted by Gasteiger charge is 2.16. The van der Waals surface area contributed by atoms with E-state index in [-0.39, 0.29) is 16.6 Å². The second-order valence-electron chi connectivity index (χ2n) is 6.67. The van der Waals surface area contributed by atoms with Crippen molar-refractivity contribution in [2.75, 3.05) is 15.8 Å². The van der Waals surface area contributed by atoms with Gasteiger partial charge in [0.2, 0.25) is 5.91 Å². The zero-order chi connectivity index (χ0) is 22.4. The normalized spacial score (nSPS) is 11.2. The van der Waals surface area contributed by atoms with E-state index in [1.54, 1.807) is 37.3 Å². The van der Waals surface area contributed by atoms with E-state index in [1.807, 2.05) is 24.3 Å². The third kappa shape index (κ3) is 6.40. The van der Waals surface area contributed by atoms with E-state index in [4.69, 9.17) is 23.2 Å². The Morgan fingerprint density at radius 3 is 2.32 bits per heavy atom. The van der Waals surface area contributed by atoms with Crippen LogP contribution in [-0.4, -0.2) is 20.1 Å². The van der Waals surface area contributed by atoms with Crippen molar-refractivity contribution in [1.82, 2.24) is 0 Å². The van der Waals surface area contributed by atoms with Crippen molar-refractivity contribution in [2.24, 2.45) is 0 Å². The molecule has 0 fully saturated rings. The van der Waals surface area contributed by atoms with Crippen molar-refractivity contribution in [3.63, 3.8) is 0 Å². The van der Waals surface area contributed by atoms with Crippen LogP contribution >= 0.6 is 35.0 Å². The average molecular weight is 495 g/mol. The lowest BCUT2D eigenvalue weighted by Crippen LogP contribution is -2.15. The molecule has 1 amide bonds. The molecular weight excluding hydrogens is 475 g/mol. The highest BCUT2D eigenvalue weighted by atomic mass is 35.5. The van der Waals surface area contributed by atoms with Gasteiger partial charge < -0.3 is 5.32 Å². The van der Waals surface area contributed by atoms with Gasteiger partial charge in [0.05, 0.1) is 16.3 Å². The molecule has 0 saturated carbocycles. The van der Waals surface area contributed by atoms with Crippen LogP contribution in [0.4, 0.5) is 11.4 Å². The van der Waals surface area contributed by atoms with Gasteiger partial charge in [-0.15, -0.1) is 11.8 Å². The van der Waals surface area contributed by atoms with Crippen molar-refractivity contribution < 1.29 is 13.2 Å². The molecule has 0 atom stereocenters. The minimum atomic E-state index is -3.78. The first kappa shape index (κ1) is 23.5. The van der Waals surface area contributed by atoms with E-state index in [2.05, 4.69) is 10.0 Å². The van der Waals surface area contributed by atoms with Crippen LogP contribution in [0.25, 0.3) is 0 Å². The predicted octanol–water partition coefficient (Wildman–Crippen LogP) is 5.97. The monoisotopic (exact) mass is 494 g/mol. The summed E-state index contributed by atoms with van der Waals surface area (Å²) >= 11 is 13.6. The van der Waals surface area contributed by atoms with Gasteiger partial charge >= 0.3 is 0 Å². The standard InChI is InChI=1S/C22H20Cl2N2O3S2/c1-15-19(23)7-4-8-21(15)26-31(28,29)18-11-9-17(10-12-18)25-22(27)14-30-13-16-5-2-3-6-20(16)24/h2-12,26H,13-14H2,1H3,(H,25,27). The number of sulfonamides is 1. The van der Waals surface area contributed by atoms with E-state index in [9.17, 15) is 13.2 Å². The maximum Gasteiger partial charge on any atom is 0.261 e. The quantitative estimate of drug-likeness (QED) is 0.404. The number of carbonyl (C=O) groups excluding carboxylic acids is 1. The number of rotatable bonds is 8. The first-order valence-electron chi connectivity index (χ1n) is 9.25. The molecule has 3 aromatic rings. The van der Waals surface area contributed by atoms with Crippen LogP contribution < -0.4 is 10.0 Å². The molecule has 0 aliphatic carbocycles. The molecule has 2 N–H and O–H groups in total. The number of amides is 1. The second-order valence-corrected chi connectivity index (χ2v) is 10.2. The van der Waals surface area contributed by atoms with Gasteiger partial charge in [-0.05, 0) is 60.5 Å². The van der Waals surface area contributed by atoms with Gasteiger partial charge in [-0.25, -0.2) is 8.42 Å². The molecule has 3 rings (SSSR count). The summed E-state index contributed by atoms with van der Waals surface area (Å²) in [6.45, 7) is 1.74. The zero-order valence-corrected chi connectivity index (χ0v) is 19.7. The number of anilines is 2. The lowest BCUT2D eigenvalue weighted by atomic mass is 10.2. The van der Waals surface area contributed by atoms with Crippen molar-refractivity contribution in [2.45, 2.75) is 17.6 Å². The SMILES string of the molecule is Cc1c(Cl)cccc1NS(=O)(=O)c1ccc(NC(=O)CSCc2ccccc2Cl)cc1. The highest BCUT2D eigenvalue weighted by Crippen LogP contribution is 2.26. The Bertz CT molecular complexity index is 1180. The maximum absolute atomic E-state index is 12.6. The fraction of sp³-hybridized carbons (Fsp3) is 0.136. The van der Waals surface area contributed by atoms with Gasteiger partial charge in [0.1, 0.15) is 0 Å². The van der Waals surface area contributed by atoms with Crippen LogP contribution in [0.3, 0.4) is 0 Å². The summed E-state index contributed by atoms with van der Waals surface area (Å²) in [7, 11) is -3.78. The van der Waals surface area contributed by atoms with Crippen LogP contribution in [0.1, 0.15) is 11.1 Å². The third-order valence-corrected chi connectivity index (χ3v) is 7.55. The maximum atomic E-state index is 12.6. The van der Waals surface area contributed by atoms with Crippen LogP contribution in [0.15, 0.2) is 71.6 Å². The van der Waals surface area contributed by atoms with Crippen LogP contribution in [0, 0.1) is 6.92 Å². The lowest BCUT2D eigenvalue weighted by molar-refractivity contribution is -0.113. The minimum Gasteiger partial charge on any atom is -0.325 e. The lowest BCUT2D eigenvalue weighted by Gasteiger charge is -2.12. The highest BCUT2D eigenvalue weighted by molar-refractivity contribution is 7.99. The van der Waals surface area contributed by atoms with Crippen LogP contribution in [0.5, 0.6) is 0 Å². The number of thioether (sulfide) groups is 1. The fourth-order valence-electron chi connectivity index (χ4n) is 2.71. The smallest absolute Gasteiger partial charge is 0.261 e. The molecule has 162 valence electrons. The molecule has 0 unspecified atom stereocenters. The van der Waals surface area contributed by atoms with Crippen molar-refractivity contribution >= 4 is 62.3 Å². The molecular formula is C22H20Cl2N2O3S2. The molecule has 0 radical (unpaired) electrons. The van der Waals surface area contributed by atoms with Crippen molar-refractivity contribution in [1.29, 1.82) is 0 Å². The number of carbonyl (C=O) groups is 1. The van der Waals surface area contributed by atoms with E-state index < -0.39 is 10.0 Å². The first-order valence-corrected chi connectivity index (χ1v) is 12.6. The zero-order valence-electron chi connectivity index (χ0n) is 16.6. The van der Waals surface area contributed by atoms with Gasteiger partial charge in [0, 0.05) is 21.5 Å². The Morgan fingerprint density at radius 1 is 0.935 bits per heavy atom. The molecule has 0 heterocycles. The Morgan fingerprint density at radius 2 is 1.61 bits per heavy atom. The molecule has 0 aromatic heterocycles. The largest absolute Gasteiger partial charge is 0.325 e. The van der Waals surface area contributed by atoms with E-state index in [1.165, 1.54) is 23.9 Å². The summed E-state index contributed by atoms with van der Waals surface area (Å²) in [4.78, 5) is 12.3. The minimum absolute atomic E-state index is 0.0815. The summed E-state index contributed by atoms with van der Waals surface area (Å²) in [5.41, 5.74) is 2.55. The Labute approximate surface area is 196 Å². The molecule has 9 heteroatoms. The molecule has 0 saturated heterocycles. The van der Waals surface area contributed by atoms with Crippen molar-refractivity contribution in [3.05, 3.63) is 87.9 Å². The molecule has 0 aliphatic rings. The second kappa shape index (κ2) is 10.4. The van der Waals surface area contributed by atoms with Gasteiger partial charge in [-0.1, -0.05) is 47.5 Å². The van der Waals surface area contributed by atoms with Gasteiger partial charge in [-0.2, -0.15) is 0 Å². The number of hydrogen-bond donors (Lipinski definition) is 2. The average Bonchev–Trinajstić information content (AvgIpc) is 2.73. The molecule has 0 aliphatic heterocycles. The topological polar surface area (TPSA) is 75.3 Å². The number of benzene rings is 3. The first-order chi connectivity index (χ1) is 14.8. The molecule has 3 aromatic carbocycles. The number of halogens is 2.